The second-order valence-corrected chi connectivity index (χ2v) is 6.02. The molecule has 25 heavy (non-hydrogen) atoms. The van der Waals surface area contributed by atoms with E-state index in [0.29, 0.717) is 49.3 Å². The summed E-state index contributed by atoms with van der Waals surface area (Å²) in [4.78, 5) is 37.8. The number of para-hydroxylation sites is 1. The molecule has 7 heteroatoms. The molecule has 1 aromatic heterocycles. The first-order valence-corrected chi connectivity index (χ1v) is 8.29. The van der Waals surface area contributed by atoms with Crippen LogP contribution in [0.25, 0.3) is 11.0 Å². The van der Waals surface area contributed by atoms with Crippen LogP contribution in [0.2, 0.25) is 0 Å². The predicted octanol–water partition coefficient (Wildman–Crippen LogP) is 1.53. The van der Waals surface area contributed by atoms with Crippen LogP contribution < -0.4 is 16.1 Å². The normalized spacial score (nSPS) is 15.3. The van der Waals surface area contributed by atoms with Crippen LogP contribution in [0, 0.1) is 5.92 Å². The maximum atomic E-state index is 12.7. The van der Waals surface area contributed by atoms with Crippen molar-refractivity contribution < 1.29 is 18.7 Å². The third-order valence-electron chi connectivity index (χ3n) is 4.44. The van der Waals surface area contributed by atoms with E-state index in [1.54, 1.807) is 23.1 Å². The highest BCUT2D eigenvalue weighted by Crippen LogP contribution is 2.25. The highest BCUT2D eigenvalue weighted by molar-refractivity contribution is 5.97. The zero-order valence-corrected chi connectivity index (χ0v) is 14.0. The van der Waals surface area contributed by atoms with Gasteiger partial charge in [-0.1, -0.05) is 12.1 Å². The third kappa shape index (κ3) is 3.35. The van der Waals surface area contributed by atoms with E-state index in [9.17, 15) is 14.4 Å². The number of piperidine rings is 1. The topological polar surface area (TPSA) is 103 Å². The predicted molar refractivity (Wildman–Crippen MR) is 91.5 cm³/mol. The van der Waals surface area contributed by atoms with Gasteiger partial charge in [0.2, 0.25) is 5.91 Å². The fraction of sp³-hybridized carbons (Fsp3) is 0.389. The lowest BCUT2D eigenvalue weighted by Crippen LogP contribution is -2.42. The Morgan fingerprint density at radius 3 is 2.68 bits per heavy atom. The minimum Gasteiger partial charge on any atom is -0.490 e. The van der Waals surface area contributed by atoms with Gasteiger partial charge in [0.15, 0.2) is 11.3 Å². The van der Waals surface area contributed by atoms with Crippen LogP contribution in [-0.2, 0) is 4.79 Å². The molecule has 132 valence electrons. The Bertz CT molecular complexity index is 865. The van der Waals surface area contributed by atoms with Crippen LogP contribution in [-0.4, -0.2) is 36.4 Å². The Hall–Kier alpha value is -2.83. The summed E-state index contributed by atoms with van der Waals surface area (Å²) in [6.45, 7) is 3.06. The highest BCUT2D eigenvalue weighted by atomic mass is 16.5. The molecule has 0 spiro atoms. The van der Waals surface area contributed by atoms with Crippen molar-refractivity contribution in [3.05, 3.63) is 40.2 Å². The van der Waals surface area contributed by atoms with Gasteiger partial charge in [-0.25, -0.2) is 4.79 Å². The SMILES string of the molecule is CCOc1cccc2cc(C(=O)N3CCC(C(N)=O)CC3)c(=O)oc12. The van der Waals surface area contributed by atoms with Gasteiger partial charge in [0, 0.05) is 24.4 Å². The Kier molecular flexibility index (Phi) is 4.74. The number of hydrogen-bond acceptors (Lipinski definition) is 5. The first-order chi connectivity index (χ1) is 12.0. The lowest BCUT2D eigenvalue weighted by Gasteiger charge is -2.30. The van der Waals surface area contributed by atoms with Crippen molar-refractivity contribution in [3.63, 3.8) is 0 Å². The number of hydrogen-bond donors (Lipinski definition) is 1. The molecule has 1 aliphatic rings. The van der Waals surface area contributed by atoms with E-state index in [1.165, 1.54) is 6.07 Å². The molecule has 2 aromatic rings. The first kappa shape index (κ1) is 17.0. The van der Waals surface area contributed by atoms with Crippen LogP contribution in [0.3, 0.4) is 0 Å². The number of rotatable bonds is 4. The summed E-state index contributed by atoms with van der Waals surface area (Å²) < 4.78 is 10.8. The number of carbonyl (C=O) groups is 2. The average Bonchev–Trinajstić information content (AvgIpc) is 2.61. The number of benzene rings is 1. The molecule has 1 aromatic carbocycles. The summed E-state index contributed by atoms with van der Waals surface area (Å²) >= 11 is 0. The van der Waals surface area contributed by atoms with Gasteiger partial charge >= 0.3 is 5.63 Å². The molecule has 2 N–H and O–H groups in total. The Labute approximate surface area is 144 Å². The molecule has 0 atom stereocenters. The summed E-state index contributed by atoms with van der Waals surface area (Å²) in [7, 11) is 0. The zero-order chi connectivity index (χ0) is 18.0. The van der Waals surface area contributed by atoms with Gasteiger partial charge < -0.3 is 19.8 Å². The molecule has 1 aliphatic heterocycles. The summed E-state index contributed by atoms with van der Waals surface area (Å²) in [5, 5.41) is 0.626. The molecule has 0 unspecified atom stereocenters. The quantitative estimate of drug-likeness (QED) is 0.847. The molecule has 3 rings (SSSR count). The highest BCUT2D eigenvalue weighted by Gasteiger charge is 2.28. The molecule has 0 radical (unpaired) electrons. The second kappa shape index (κ2) is 6.96. The molecule has 0 saturated carbocycles. The molecular weight excluding hydrogens is 324 g/mol. The Morgan fingerprint density at radius 1 is 1.32 bits per heavy atom. The maximum absolute atomic E-state index is 12.7. The van der Waals surface area contributed by atoms with Crippen molar-refractivity contribution in [3.8, 4) is 5.75 Å². The average molecular weight is 344 g/mol. The van der Waals surface area contributed by atoms with Crippen molar-refractivity contribution in [2.75, 3.05) is 19.7 Å². The molecule has 7 nitrogen and oxygen atoms in total. The van der Waals surface area contributed by atoms with E-state index in [-0.39, 0.29) is 23.3 Å². The van der Waals surface area contributed by atoms with Crippen LogP contribution in [0.1, 0.15) is 30.1 Å². The van der Waals surface area contributed by atoms with Crippen LogP contribution in [0.15, 0.2) is 33.5 Å². The molecule has 0 aliphatic carbocycles. The standard InChI is InChI=1S/C18H20N2O5/c1-2-24-14-5-3-4-12-10-13(18(23)25-15(12)14)17(22)20-8-6-11(7-9-20)16(19)21/h3-5,10-11H,2,6-9H2,1H3,(H2,19,21). The smallest absolute Gasteiger partial charge is 0.349 e. The van der Waals surface area contributed by atoms with E-state index < -0.39 is 5.63 Å². The number of fused-ring (bicyclic) bond motifs is 1. The van der Waals surface area contributed by atoms with Crippen LogP contribution in [0.5, 0.6) is 5.75 Å². The lowest BCUT2D eigenvalue weighted by atomic mass is 9.96. The Morgan fingerprint density at radius 2 is 2.04 bits per heavy atom. The lowest BCUT2D eigenvalue weighted by molar-refractivity contribution is -0.123. The maximum Gasteiger partial charge on any atom is 0.349 e. The summed E-state index contributed by atoms with van der Waals surface area (Å²) in [5.74, 6) is -0.481. The first-order valence-electron chi connectivity index (χ1n) is 8.29. The number of likely N-dealkylation sites (tertiary alicyclic amines) is 1. The molecule has 2 heterocycles. The number of primary amides is 1. The van der Waals surface area contributed by atoms with Crippen molar-refractivity contribution in [1.29, 1.82) is 0 Å². The summed E-state index contributed by atoms with van der Waals surface area (Å²) in [6.07, 6.45) is 1.02. The van der Waals surface area contributed by atoms with E-state index in [0.717, 1.165) is 0 Å². The van der Waals surface area contributed by atoms with E-state index in [1.807, 2.05) is 6.92 Å². The fourth-order valence-electron chi connectivity index (χ4n) is 3.07. The summed E-state index contributed by atoms with van der Waals surface area (Å²) in [6, 6.07) is 6.79. The van der Waals surface area contributed by atoms with Crippen molar-refractivity contribution >= 4 is 22.8 Å². The molecule has 2 amide bonds. The summed E-state index contributed by atoms with van der Waals surface area (Å²) in [5.41, 5.74) is 4.93. The monoisotopic (exact) mass is 344 g/mol. The van der Waals surface area contributed by atoms with E-state index in [2.05, 4.69) is 0 Å². The second-order valence-electron chi connectivity index (χ2n) is 6.02. The minimum absolute atomic E-state index is 0.0151. The zero-order valence-electron chi connectivity index (χ0n) is 14.0. The number of amides is 2. The van der Waals surface area contributed by atoms with Gasteiger partial charge in [0.05, 0.1) is 6.61 Å². The van der Waals surface area contributed by atoms with Crippen molar-refractivity contribution in [2.45, 2.75) is 19.8 Å². The van der Waals surface area contributed by atoms with Crippen LogP contribution in [0.4, 0.5) is 0 Å². The van der Waals surface area contributed by atoms with Gasteiger partial charge in [-0.05, 0) is 31.9 Å². The third-order valence-corrected chi connectivity index (χ3v) is 4.44. The van der Waals surface area contributed by atoms with Gasteiger partial charge in [-0.3, -0.25) is 9.59 Å². The minimum atomic E-state index is -0.693. The van der Waals surface area contributed by atoms with Crippen molar-refractivity contribution in [2.24, 2.45) is 11.7 Å². The van der Waals surface area contributed by atoms with E-state index >= 15 is 0 Å². The number of carbonyl (C=O) groups excluding carboxylic acids is 2. The number of nitrogens with zero attached hydrogens (tertiary/aromatic N) is 1. The molecule has 1 fully saturated rings. The Balaban J connectivity index is 1.89. The molecule has 0 bridgehead atoms. The largest absolute Gasteiger partial charge is 0.490 e. The van der Waals surface area contributed by atoms with Crippen LogP contribution >= 0.6 is 0 Å². The van der Waals surface area contributed by atoms with Gasteiger partial charge in [0.25, 0.3) is 5.91 Å². The van der Waals surface area contributed by atoms with Gasteiger partial charge in [-0.15, -0.1) is 0 Å². The molecule has 1 saturated heterocycles. The van der Waals surface area contributed by atoms with Crippen molar-refractivity contribution in [1.82, 2.24) is 4.90 Å². The number of nitrogens with two attached hydrogens (primary N) is 1. The molecular formula is C18H20N2O5. The fourth-order valence-corrected chi connectivity index (χ4v) is 3.07. The number of ether oxygens (including phenoxy) is 1. The van der Waals surface area contributed by atoms with Gasteiger partial charge in [0.1, 0.15) is 5.56 Å². The van der Waals surface area contributed by atoms with Gasteiger partial charge in [-0.2, -0.15) is 0 Å². The van der Waals surface area contributed by atoms with E-state index in [4.69, 9.17) is 14.9 Å².